The third-order valence-electron chi connectivity index (χ3n) is 4.03. The number of ether oxygens (including phenoxy) is 3. The highest BCUT2D eigenvalue weighted by Gasteiger charge is 2.19. The van der Waals surface area contributed by atoms with E-state index in [9.17, 15) is 9.70 Å². The monoisotopic (exact) mass is 441 g/mol. The first kappa shape index (κ1) is 24.7. The zero-order chi connectivity index (χ0) is 21.8. The fourth-order valence-corrected chi connectivity index (χ4v) is 2.75. The molecular formula is C21H25Cl2NO5. The summed E-state index contributed by atoms with van der Waals surface area (Å²) in [5, 5.41) is 3.03. The summed E-state index contributed by atoms with van der Waals surface area (Å²) in [6.07, 6.45) is 3.33. The molecule has 0 aliphatic heterocycles. The molecular weight excluding hydrogens is 417 g/mol. The van der Waals surface area contributed by atoms with E-state index in [-0.39, 0.29) is 35.1 Å². The Balaban J connectivity index is 3.40. The molecule has 0 aliphatic rings. The number of allylic oxidation sites excluding steroid dienone is 1. The first-order chi connectivity index (χ1) is 13.9. The van der Waals surface area contributed by atoms with E-state index in [4.69, 9.17) is 37.4 Å². The summed E-state index contributed by atoms with van der Waals surface area (Å²) in [6, 6.07) is 5.37. The number of carbonyl (C=O) groups is 1. The van der Waals surface area contributed by atoms with Gasteiger partial charge in [-0.25, -0.2) is 0 Å². The Morgan fingerprint density at radius 2 is 2.03 bits per heavy atom. The van der Waals surface area contributed by atoms with Crippen molar-refractivity contribution >= 4 is 29.7 Å². The second-order valence-electron chi connectivity index (χ2n) is 6.45. The third-order valence-corrected chi connectivity index (χ3v) is 4.69. The molecule has 0 spiro atoms. The third kappa shape index (κ3) is 7.55. The smallest absolute Gasteiger partial charge is 0.293 e. The van der Waals surface area contributed by atoms with Crippen molar-refractivity contribution in [2.75, 3.05) is 13.7 Å². The summed E-state index contributed by atoms with van der Waals surface area (Å²) in [7, 11) is 1.58. The van der Waals surface area contributed by atoms with Crippen molar-refractivity contribution in [1.82, 2.24) is 0 Å². The summed E-state index contributed by atoms with van der Waals surface area (Å²) in [5.41, 5.74) is 2.31. The molecule has 0 N–H and O–H groups in total. The number of nitrogens with zero attached hydrogens (tertiary/aromatic N) is 1. The molecule has 1 rings (SSSR count). The zero-order valence-corrected chi connectivity index (χ0v) is 18.4. The summed E-state index contributed by atoms with van der Waals surface area (Å²) >= 11 is 11.9. The average molecular weight is 442 g/mol. The number of nitroso groups, excluding NO2 is 1. The molecule has 0 saturated carbocycles. The van der Waals surface area contributed by atoms with Gasteiger partial charge in [-0.15, -0.1) is 4.91 Å². The van der Waals surface area contributed by atoms with E-state index in [2.05, 4.69) is 19.0 Å². The minimum absolute atomic E-state index is 0.0194. The summed E-state index contributed by atoms with van der Waals surface area (Å²) in [4.78, 5) is 22.0. The van der Waals surface area contributed by atoms with Gasteiger partial charge in [0.15, 0.2) is 5.76 Å². The Bertz CT molecular complexity index is 800. The van der Waals surface area contributed by atoms with Crippen LogP contribution in [0.1, 0.15) is 32.8 Å². The van der Waals surface area contributed by atoms with Crippen molar-refractivity contribution < 1.29 is 19.0 Å². The lowest BCUT2D eigenvalue weighted by Crippen LogP contribution is -2.08. The Kier molecular flexibility index (Phi) is 11.1. The molecule has 6 nitrogen and oxygen atoms in total. The van der Waals surface area contributed by atoms with E-state index >= 15 is 0 Å². The molecule has 0 aromatic heterocycles. The summed E-state index contributed by atoms with van der Waals surface area (Å²) in [6.45, 7) is 5.93. The number of benzene rings is 1. The predicted molar refractivity (Wildman–Crippen MR) is 115 cm³/mol. The van der Waals surface area contributed by atoms with Crippen LogP contribution in [0.15, 0.2) is 57.0 Å². The summed E-state index contributed by atoms with van der Waals surface area (Å²) < 4.78 is 16.2. The minimum atomic E-state index is -0.253. The van der Waals surface area contributed by atoms with E-state index in [0.717, 1.165) is 23.9 Å². The van der Waals surface area contributed by atoms with Crippen LogP contribution in [0, 0.1) is 10.8 Å². The van der Waals surface area contributed by atoms with Gasteiger partial charge in [-0.2, -0.15) is 0 Å². The van der Waals surface area contributed by atoms with Crippen LogP contribution in [0.25, 0.3) is 0 Å². The molecule has 0 bridgehead atoms. The summed E-state index contributed by atoms with van der Waals surface area (Å²) in [5.74, 6) is 1.65. The van der Waals surface area contributed by atoms with Crippen LogP contribution in [0.5, 0.6) is 11.5 Å². The zero-order valence-electron chi connectivity index (χ0n) is 16.9. The molecule has 29 heavy (non-hydrogen) atoms. The van der Waals surface area contributed by atoms with E-state index in [0.29, 0.717) is 17.4 Å². The van der Waals surface area contributed by atoms with Gasteiger partial charge in [0.25, 0.3) is 6.47 Å². The second kappa shape index (κ2) is 13.0. The molecule has 0 unspecified atom stereocenters. The van der Waals surface area contributed by atoms with Crippen LogP contribution < -0.4 is 9.47 Å². The fraction of sp³-hybridized carbons (Fsp3) is 0.381. The topological polar surface area (TPSA) is 74.2 Å². The van der Waals surface area contributed by atoms with Crippen molar-refractivity contribution in [3.63, 3.8) is 0 Å². The second-order valence-corrected chi connectivity index (χ2v) is 7.07. The predicted octanol–water partition coefficient (Wildman–Crippen LogP) is 6.08. The van der Waals surface area contributed by atoms with Crippen molar-refractivity contribution in [2.45, 2.75) is 33.6 Å². The molecule has 1 aromatic carbocycles. The minimum Gasteiger partial charge on any atom is -0.496 e. The van der Waals surface area contributed by atoms with Gasteiger partial charge < -0.3 is 14.2 Å². The van der Waals surface area contributed by atoms with Crippen LogP contribution in [-0.4, -0.2) is 20.2 Å². The van der Waals surface area contributed by atoms with Crippen LogP contribution in [0.3, 0.4) is 0 Å². The SMILES string of the molecule is C\C=C(N=O)/C(Oc1ccc(CCC(C)C)c(OC)c1)=C(COC=O)\C(Cl)=C\Cl. The molecule has 1 aromatic rings. The van der Waals surface area contributed by atoms with Crippen LogP contribution in [0.2, 0.25) is 0 Å². The van der Waals surface area contributed by atoms with Gasteiger partial charge in [-0.05, 0) is 42.5 Å². The molecule has 158 valence electrons. The highest BCUT2D eigenvalue weighted by atomic mass is 35.5. The van der Waals surface area contributed by atoms with Crippen LogP contribution in [0.4, 0.5) is 0 Å². The lowest BCUT2D eigenvalue weighted by Gasteiger charge is -2.16. The molecule has 0 amide bonds. The number of halogens is 2. The lowest BCUT2D eigenvalue weighted by molar-refractivity contribution is -0.127. The maximum atomic E-state index is 11.3. The van der Waals surface area contributed by atoms with E-state index in [1.165, 1.54) is 6.08 Å². The number of aryl methyl sites for hydroxylation is 1. The van der Waals surface area contributed by atoms with Crippen molar-refractivity contribution in [2.24, 2.45) is 11.1 Å². The largest absolute Gasteiger partial charge is 0.496 e. The normalized spacial score (nSPS) is 13.1. The van der Waals surface area contributed by atoms with Gasteiger partial charge in [-0.1, -0.05) is 49.2 Å². The van der Waals surface area contributed by atoms with E-state index in [1.54, 1.807) is 26.2 Å². The quantitative estimate of drug-likeness (QED) is 0.170. The maximum Gasteiger partial charge on any atom is 0.293 e. The van der Waals surface area contributed by atoms with E-state index in [1.807, 2.05) is 6.07 Å². The van der Waals surface area contributed by atoms with Gasteiger partial charge in [0.05, 0.1) is 17.7 Å². The number of rotatable bonds is 12. The van der Waals surface area contributed by atoms with Gasteiger partial charge in [0.2, 0.25) is 0 Å². The van der Waals surface area contributed by atoms with Gasteiger partial charge in [-0.3, -0.25) is 4.79 Å². The number of methoxy groups -OCH3 is 1. The number of hydrogen-bond donors (Lipinski definition) is 0. The highest BCUT2D eigenvalue weighted by Crippen LogP contribution is 2.32. The van der Waals surface area contributed by atoms with Crippen LogP contribution >= 0.6 is 23.2 Å². The molecule has 0 fully saturated rings. The maximum absolute atomic E-state index is 11.3. The first-order valence-electron chi connectivity index (χ1n) is 9.01. The van der Waals surface area contributed by atoms with Crippen LogP contribution in [-0.2, 0) is 16.0 Å². The van der Waals surface area contributed by atoms with Crippen molar-refractivity contribution in [1.29, 1.82) is 0 Å². The lowest BCUT2D eigenvalue weighted by atomic mass is 10.0. The van der Waals surface area contributed by atoms with Crippen molar-refractivity contribution in [3.05, 3.63) is 62.3 Å². The highest BCUT2D eigenvalue weighted by molar-refractivity contribution is 6.38. The van der Waals surface area contributed by atoms with Gasteiger partial charge >= 0.3 is 0 Å². The van der Waals surface area contributed by atoms with Gasteiger partial charge in [0.1, 0.15) is 23.8 Å². The standard InChI is InChI=1S/C21H25Cl2NO5/c1-5-19(24-26)21(17(12-28-13-25)18(23)11-22)29-16-9-8-15(7-6-14(2)3)20(10-16)27-4/h5,8-11,13-14H,6-7,12H2,1-4H3/b18-11-,19-5+,21-17+. The average Bonchev–Trinajstić information content (AvgIpc) is 2.73. The molecule has 0 atom stereocenters. The Morgan fingerprint density at radius 1 is 1.31 bits per heavy atom. The molecule has 8 heteroatoms. The van der Waals surface area contributed by atoms with Gasteiger partial charge in [0, 0.05) is 11.6 Å². The number of hydrogen-bond acceptors (Lipinski definition) is 6. The number of carbonyl (C=O) groups excluding carboxylic acids is 1. The first-order valence-corrected chi connectivity index (χ1v) is 9.82. The molecule has 0 radical (unpaired) electrons. The molecule has 0 aliphatic carbocycles. The Labute approximate surface area is 181 Å². The fourth-order valence-electron chi connectivity index (χ4n) is 2.48. The molecule has 0 heterocycles. The Morgan fingerprint density at radius 3 is 2.55 bits per heavy atom. The van der Waals surface area contributed by atoms with E-state index < -0.39 is 0 Å². The molecule has 0 saturated heterocycles. The Hall–Kier alpha value is -2.31. The van der Waals surface area contributed by atoms with Crippen molar-refractivity contribution in [3.8, 4) is 11.5 Å².